The van der Waals surface area contributed by atoms with Gasteiger partial charge in [-0.3, -0.25) is 9.69 Å². The van der Waals surface area contributed by atoms with E-state index in [9.17, 15) is 9.59 Å². The van der Waals surface area contributed by atoms with E-state index < -0.39 is 5.54 Å². The first-order valence-electron chi connectivity index (χ1n) is 12.2. The summed E-state index contributed by atoms with van der Waals surface area (Å²) in [5, 5.41) is 3.28. The molecule has 0 aromatic heterocycles. The minimum Gasteiger partial charge on any atom is -0.497 e. The average Bonchev–Trinajstić information content (AvgIpc) is 2.97. The van der Waals surface area contributed by atoms with Crippen LogP contribution in [-0.4, -0.2) is 54.6 Å². The van der Waals surface area contributed by atoms with Gasteiger partial charge in [-0.05, 0) is 50.5 Å². The largest absolute Gasteiger partial charge is 0.497 e. The summed E-state index contributed by atoms with van der Waals surface area (Å²) < 4.78 is 11.2. The molecular weight excluding hydrogens is 442 g/mol. The molecule has 2 aromatic rings. The average molecular weight is 476 g/mol. The van der Waals surface area contributed by atoms with E-state index >= 15 is 0 Å². The van der Waals surface area contributed by atoms with E-state index in [1.165, 1.54) is 0 Å². The molecule has 35 heavy (non-hydrogen) atoms. The Balaban J connectivity index is 1.42. The smallest absolute Gasteiger partial charge is 0.322 e. The van der Waals surface area contributed by atoms with E-state index in [-0.39, 0.29) is 17.9 Å². The second kappa shape index (κ2) is 8.63. The van der Waals surface area contributed by atoms with Crippen LogP contribution in [0.25, 0.3) is 0 Å². The molecule has 3 heterocycles. The number of rotatable bonds is 3. The molecule has 2 fully saturated rings. The monoisotopic (exact) mass is 475 g/mol. The summed E-state index contributed by atoms with van der Waals surface area (Å²) in [6.07, 6.45) is 3.56. The summed E-state index contributed by atoms with van der Waals surface area (Å²) in [4.78, 5) is 30.2. The zero-order valence-corrected chi connectivity index (χ0v) is 21.1. The van der Waals surface area contributed by atoms with Gasteiger partial charge in [0.15, 0.2) is 0 Å². The number of piperidine rings is 1. The Morgan fingerprint density at radius 2 is 1.71 bits per heavy atom. The van der Waals surface area contributed by atoms with Gasteiger partial charge in [0, 0.05) is 41.9 Å². The zero-order valence-electron chi connectivity index (χ0n) is 21.1. The van der Waals surface area contributed by atoms with Gasteiger partial charge >= 0.3 is 6.03 Å². The molecule has 1 atom stereocenters. The molecule has 0 aliphatic carbocycles. The fourth-order valence-electron chi connectivity index (χ4n) is 5.95. The molecule has 3 aliphatic rings. The molecule has 184 valence electrons. The highest BCUT2D eigenvalue weighted by atomic mass is 16.5. The van der Waals surface area contributed by atoms with Crippen molar-refractivity contribution in [1.29, 1.82) is 0 Å². The standard InChI is InChI=1S/C28H33N3O4/c1-17-10-18(2)12-20(11-17)26(32)30-8-6-28(7-9-30)24-13-19(3)25-21(16-31(24)27(33)29-28)14-22(34-4)15-23(25)35-5/h10-15,19H,6-9,16H2,1-5H3,(H,29,33)/t19-/m0/s1. The van der Waals surface area contributed by atoms with Crippen LogP contribution in [0.2, 0.25) is 0 Å². The van der Waals surface area contributed by atoms with Crippen molar-refractivity contribution in [2.75, 3.05) is 27.3 Å². The lowest BCUT2D eigenvalue weighted by Crippen LogP contribution is -2.53. The first-order chi connectivity index (χ1) is 16.7. The van der Waals surface area contributed by atoms with Crippen LogP contribution in [0, 0.1) is 13.8 Å². The molecule has 2 aromatic carbocycles. The topological polar surface area (TPSA) is 71.1 Å². The first kappa shape index (κ1) is 23.3. The molecule has 0 saturated carbocycles. The van der Waals surface area contributed by atoms with Gasteiger partial charge in [0.2, 0.25) is 0 Å². The Hall–Kier alpha value is -3.48. The van der Waals surface area contributed by atoms with Gasteiger partial charge < -0.3 is 19.7 Å². The summed E-state index contributed by atoms with van der Waals surface area (Å²) in [6, 6.07) is 9.78. The van der Waals surface area contributed by atoms with E-state index in [4.69, 9.17) is 9.47 Å². The van der Waals surface area contributed by atoms with Gasteiger partial charge in [-0.2, -0.15) is 0 Å². The molecule has 2 saturated heterocycles. The number of carbonyl (C=O) groups excluding carboxylic acids is 2. The Morgan fingerprint density at radius 1 is 1.03 bits per heavy atom. The van der Waals surface area contributed by atoms with Crippen molar-refractivity contribution in [3.63, 3.8) is 0 Å². The molecule has 7 heteroatoms. The van der Waals surface area contributed by atoms with E-state index in [0.29, 0.717) is 38.2 Å². The SMILES string of the molecule is COc1cc2c(c(OC)c1)[C@@H](C)C=C1N(C2)C(=O)NC12CCN(C(=O)c1cc(C)cc(C)c1)CC2. The summed E-state index contributed by atoms with van der Waals surface area (Å²) in [6.45, 7) is 7.81. The van der Waals surface area contributed by atoms with Crippen molar-refractivity contribution in [3.05, 3.63) is 69.9 Å². The third kappa shape index (κ3) is 3.93. The van der Waals surface area contributed by atoms with Crippen molar-refractivity contribution in [1.82, 2.24) is 15.1 Å². The second-order valence-corrected chi connectivity index (χ2v) is 10.0. The van der Waals surface area contributed by atoms with Crippen LogP contribution in [0.15, 0.2) is 42.1 Å². The summed E-state index contributed by atoms with van der Waals surface area (Å²) in [7, 11) is 3.30. The highest BCUT2D eigenvalue weighted by Gasteiger charge is 2.50. The maximum Gasteiger partial charge on any atom is 0.322 e. The van der Waals surface area contributed by atoms with Crippen LogP contribution >= 0.6 is 0 Å². The zero-order chi connectivity index (χ0) is 24.9. The Morgan fingerprint density at radius 3 is 2.34 bits per heavy atom. The van der Waals surface area contributed by atoms with E-state index in [1.54, 1.807) is 14.2 Å². The number of nitrogens with zero attached hydrogens (tertiary/aromatic N) is 2. The number of fused-ring (bicyclic) bond motifs is 3. The lowest BCUT2D eigenvalue weighted by Gasteiger charge is -2.40. The van der Waals surface area contributed by atoms with Crippen LogP contribution in [0.1, 0.15) is 58.3 Å². The number of nitrogens with one attached hydrogen (secondary N) is 1. The second-order valence-electron chi connectivity index (χ2n) is 10.0. The van der Waals surface area contributed by atoms with Gasteiger partial charge in [0.1, 0.15) is 11.5 Å². The van der Waals surface area contributed by atoms with Crippen molar-refractivity contribution in [2.24, 2.45) is 0 Å². The van der Waals surface area contributed by atoms with Crippen molar-refractivity contribution in [2.45, 2.75) is 51.6 Å². The molecule has 1 spiro atoms. The molecule has 1 N–H and O–H groups in total. The molecule has 3 amide bonds. The van der Waals surface area contributed by atoms with Gasteiger partial charge in [-0.15, -0.1) is 0 Å². The lowest BCUT2D eigenvalue weighted by atomic mass is 9.83. The normalized spacial score (nSPS) is 20.5. The van der Waals surface area contributed by atoms with Crippen LogP contribution in [-0.2, 0) is 6.54 Å². The number of methoxy groups -OCH3 is 2. The Bertz CT molecular complexity index is 1210. The maximum absolute atomic E-state index is 13.2. The number of hydrogen-bond acceptors (Lipinski definition) is 4. The third-order valence-electron chi connectivity index (χ3n) is 7.59. The number of allylic oxidation sites excluding steroid dienone is 1. The number of urea groups is 1. The molecule has 3 aliphatic heterocycles. The van der Waals surface area contributed by atoms with Crippen LogP contribution in [0.3, 0.4) is 0 Å². The van der Waals surface area contributed by atoms with Gasteiger partial charge in [-0.1, -0.05) is 30.2 Å². The number of amides is 3. The predicted octanol–water partition coefficient (Wildman–Crippen LogP) is 4.52. The third-order valence-corrected chi connectivity index (χ3v) is 7.59. The Labute approximate surface area is 206 Å². The van der Waals surface area contributed by atoms with E-state index in [0.717, 1.165) is 39.3 Å². The summed E-state index contributed by atoms with van der Waals surface area (Å²) in [5.41, 5.74) is 5.55. The first-order valence-corrected chi connectivity index (χ1v) is 12.2. The predicted molar refractivity (Wildman–Crippen MR) is 134 cm³/mol. The molecule has 0 bridgehead atoms. The van der Waals surface area contributed by atoms with Crippen molar-refractivity contribution < 1.29 is 19.1 Å². The number of aryl methyl sites for hydroxylation is 2. The minimum absolute atomic E-state index is 0.0558. The summed E-state index contributed by atoms with van der Waals surface area (Å²) >= 11 is 0. The highest BCUT2D eigenvalue weighted by molar-refractivity contribution is 5.95. The quantitative estimate of drug-likeness (QED) is 0.709. The maximum atomic E-state index is 13.2. The number of ether oxygens (including phenoxy) is 2. The van der Waals surface area contributed by atoms with Crippen molar-refractivity contribution >= 4 is 11.9 Å². The van der Waals surface area contributed by atoms with Crippen LogP contribution in [0.4, 0.5) is 4.79 Å². The summed E-state index contributed by atoms with van der Waals surface area (Å²) in [5.74, 6) is 1.60. The van der Waals surface area contributed by atoms with Crippen LogP contribution in [0.5, 0.6) is 11.5 Å². The number of benzene rings is 2. The van der Waals surface area contributed by atoms with Gasteiger partial charge in [0.05, 0.1) is 26.3 Å². The molecule has 0 radical (unpaired) electrons. The molecular formula is C28H33N3O4. The van der Waals surface area contributed by atoms with E-state index in [1.807, 2.05) is 47.9 Å². The minimum atomic E-state index is -0.468. The van der Waals surface area contributed by atoms with Crippen molar-refractivity contribution in [3.8, 4) is 11.5 Å². The van der Waals surface area contributed by atoms with Crippen LogP contribution < -0.4 is 14.8 Å². The molecule has 5 rings (SSSR count). The highest BCUT2D eigenvalue weighted by Crippen LogP contribution is 2.45. The van der Waals surface area contributed by atoms with E-state index in [2.05, 4.69) is 24.4 Å². The van der Waals surface area contributed by atoms with Gasteiger partial charge in [-0.25, -0.2) is 4.79 Å². The lowest BCUT2D eigenvalue weighted by molar-refractivity contribution is 0.0677. The molecule has 0 unspecified atom stereocenters. The number of hydrogen-bond donors (Lipinski definition) is 1. The Kier molecular flexibility index (Phi) is 5.74. The molecule has 7 nitrogen and oxygen atoms in total. The number of likely N-dealkylation sites (tertiary alicyclic amines) is 1. The fraction of sp³-hybridized carbons (Fsp3) is 0.429. The fourth-order valence-corrected chi connectivity index (χ4v) is 5.95. The number of carbonyl (C=O) groups is 2. The van der Waals surface area contributed by atoms with Gasteiger partial charge in [0.25, 0.3) is 5.91 Å².